The number of aliphatic hydroxyl groups is 1. The highest BCUT2D eigenvalue weighted by Gasteiger charge is 2.31. The molecule has 5 nitrogen and oxygen atoms in total. The molecule has 0 aromatic heterocycles. The van der Waals surface area contributed by atoms with Crippen molar-refractivity contribution in [2.75, 3.05) is 26.3 Å². The van der Waals surface area contributed by atoms with Crippen LogP contribution >= 0.6 is 0 Å². The average molecular weight is 380 g/mol. The molecule has 0 bridgehead atoms. The predicted molar refractivity (Wildman–Crippen MR) is 108 cm³/mol. The summed E-state index contributed by atoms with van der Waals surface area (Å²) in [5.41, 5.74) is 3.01. The minimum atomic E-state index is -0.716. The smallest absolute Gasteiger partial charge is 0.317 e. The summed E-state index contributed by atoms with van der Waals surface area (Å²) >= 11 is 0. The van der Waals surface area contributed by atoms with Crippen molar-refractivity contribution >= 4 is 6.03 Å². The van der Waals surface area contributed by atoms with Gasteiger partial charge in [0.15, 0.2) is 0 Å². The highest BCUT2D eigenvalue weighted by atomic mass is 16.5. The molecular weight excluding hydrogens is 352 g/mol. The fraction of sp³-hybridized carbons (Fsp3) is 0.435. The lowest BCUT2D eigenvalue weighted by Crippen LogP contribution is -2.46. The molecule has 1 unspecified atom stereocenters. The maximum Gasteiger partial charge on any atom is 0.317 e. The third-order valence-electron chi connectivity index (χ3n) is 5.97. The molecule has 2 aliphatic heterocycles. The van der Waals surface area contributed by atoms with Crippen molar-refractivity contribution in [3.05, 3.63) is 71.3 Å². The van der Waals surface area contributed by atoms with E-state index in [1.165, 1.54) is 16.7 Å². The summed E-state index contributed by atoms with van der Waals surface area (Å²) in [4.78, 5) is 14.7. The van der Waals surface area contributed by atoms with Crippen molar-refractivity contribution in [2.45, 2.75) is 37.3 Å². The number of ether oxygens (including phenoxy) is 1. The van der Waals surface area contributed by atoms with Gasteiger partial charge in [0.05, 0.1) is 5.60 Å². The molecule has 1 atom stereocenters. The van der Waals surface area contributed by atoms with Crippen LogP contribution in [0.5, 0.6) is 0 Å². The quantitative estimate of drug-likeness (QED) is 0.856. The Bertz CT molecular complexity index is 803. The van der Waals surface area contributed by atoms with Crippen LogP contribution in [-0.2, 0) is 11.3 Å². The Hall–Kier alpha value is -2.37. The molecule has 0 spiro atoms. The Balaban J connectivity index is 1.43. The predicted octanol–water partition coefficient (Wildman–Crippen LogP) is 3.28. The van der Waals surface area contributed by atoms with E-state index >= 15 is 0 Å². The van der Waals surface area contributed by atoms with E-state index in [1.54, 1.807) is 0 Å². The average Bonchev–Trinajstić information content (AvgIpc) is 2.74. The van der Waals surface area contributed by atoms with E-state index in [1.807, 2.05) is 29.2 Å². The van der Waals surface area contributed by atoms with E-state index in [0.717, 1.165) is 0 Å². The summed E-state index contributed by atoms with van der Waals surface area (Å²) in [5, 5.41) is 13.6. The Kier molecular flexibility index (Phi) is 5.64. The number of benzene rings is 2. The first-order valence-corrected chi connectivity index (χ1v) is 10.1. The summed E-state index contributed by atoms with van der Waals surface area (Å²) in [6.45, 7) is 2.93. The van der Waals surface area contributed by atoms with E-state index in [4.69, 9.17) is 4.74 Å². The van der Waals surface area contributed by atoms with Gasteiger partial charge in [-0.2, -0.15) is 0 Å². The molecule has 2 aromatic rings. The normalized spacial score (nSPS) is 21.0. The first-order chi connectivity index (χ1) is 13.6. The first-order valence-electron chi connectivity index (χ1n) is 10.1. The summed E-state index contributed by atoms with van der Waals surface area (Å²) in [6, 6.07) is 18.7. The fourth-order valence-corrected chi connectivity index (χ4v) is 4.25. The lowest BCUT2D eigenvalue weighted by atomic mass is 9.85. The highest BCUT2D eigenvalue weighted by Crippen LogP contribution is 2.33. The molecule has 2 amide bonds. The number of hydrogen-bond donors (Lipinski definition) is 2. The lowest BCUT2D eigenvalue weighted by Gasteiger charge is -2.36. The molecule has 2 heterocycles. The van der Waals surface area contributed by atoms with Crippen LogP contribution in [0.4, 0.5) is 4.79 Å². The number of nitrogens with one attached hydrogen (secondary N) is 1. The van der Waals surface area contributed by atoms with E-state index < -0.39 is 5.60 Å². The Morgan fingerprint density at radius 3 is 2.61 bits per heavy atom. The zero-order valence-corrected chi connectivity index (χ0v) is 16.1. The van der Waals surface area contributed by atoms with Crippen LogP contribution in [0.2, 0.25) is 0 Å². The number of amides is 2. The van der Waals surface area contributed by atoms with E-state index in [-0.39, 0.29) is 11.9 Å². The van der Waals surface area contributed by atoms with Crippen molar-refractivity contribution in [3.63, 3.8) is 0 Å². The van der Waals surface area contributed by atoms with Crippen molar-refractivity contribution in [1.29, 1.82) is 0 Å². The molecule has 0 radical (unpaired) electrons. The van der Waals surface area contributed by atoms with Crippen LogP contribution < -0.4 is 5.32 Å². The van der Waals surface area contributed by atoms with Gasteiger partial charge in [0.25, 0.3) is 0 Å². The standard InChI is InChI=1S/C23H28N2O3/c26-22(24-13-10-23(27)11-14-28-15-12-23)25-16-19-8-4-5-9-20(19)21(17-25)18-6-2-1-3-7-18/h1-9,21,27H,10-17H2,(H,24,26). The maximum absolute atomic E-state index is 12.8. The molecule has 148 valence electrons. The van der Waals surface area contributed by atoms with Crippen LogP contribution in [0, 0.1) is 0 Å². The number of hydrogen-bond acceptors (Lipinski definition) is 3. The van der Waals surface area contributed by atoms with Gasteiger partial charge in [-0.25, -0.2) is 4.79 Å². The molecule has 28 heavy (non-hydrogen) atoms. The van der Waals surface area contributed by atoms with Crippen LogP contribution in [0.15, 0.2) is 54.6 Å². The Morgan fingerprint density at radius 2 is 1.82 bits per heavy atom. The number of rotatable bonds is 4. The molecule has 2 aliphatic rings. The number of carbonyl (C=O) groups excluding carboxylic acids is 1. The van der Waals surface area contributed by atoms with Gasteiger partial charge >= 0.3 is 6.03 Å². The highest BCUT2D eigenvalue weighted by molar-refractivity contribution is 5.75. The molecule has 4 rings (SSSR count). The van der Waals surface area contributed by atoms with Crippen molar-refractivity contribution < 1.29 is 14.6 Å². The lowest BCUT2D eigenvalue weighted by molar-refractivity contribution is -0.0670. The summed E-state index contributed by atoms with van der Waals surface area (Å²) < 4.78 is 5.32. The molecular formula is C23H28N2O3. The first kappa shape index (κ1) is 19.0. The van der Waals surface area contributed by atoms with Crippen molar-refractivity contribution in [3.8, 4) is 0 Å². The van der Waals surface area contributed by atoms with Gasteiger partial charge in [0, 0.05) is 38.8 Å². The largest absolute Gasteiger partial charge is 0.390 e. The van der Waals surface area contributed by atoms with Gasteiger partial charge in [0.2, 0.25) is 0 Å². The van der Waals surface area contributed by atoms with Gasteiger partial charge in [-0.3, -0.25) is 0 Å². The van der Waals surface area contributed by atoms with Crippen LogP contribution in [0.25, 0.3) is 0 Å². The van der Waals surface area contributed by atoms with Crippen molar-refractivity contribution in [2.24, 2.45) is 0 Å². The zero-order valence-electron chi connectivity index (χ0n) is 16.1. The summed E-state index contributed by atoms with van der Waals surface area (Å²) in [5.74, 6) is 0.177. The van der Waals surface area contributed by atoms with Crippen LogP contribution in [0.1, 0.15) is 41.9 Å². The van der Waals surface area contributed by atoms with E-state index in [0.29, 0.717) is 52.1 Å². The van der Waals surface area contributed by atoms with Gasteiger partial charge in [-0.05, 0) is 36.0 Å². The monoisotopic (exact) mass is 380 g/mol. The van der Waals surface area contributed by atoms with Gasteiger partial charge in [-0.15, -0.1) is 0 Å². The molecule has 0 saturated carbocycles. The Morgan fingerprint density at radius 1 is 1.11 bits per heavy atom. The third-order valence-corrected chi connectivity index (χ3v) is 5.97. The number of urea groups is 1. The molecule has 2 aromatic carbocycles. The van der Waals surface area contributed by atoms with Gasteiger partial charge < -0.3 is 20.1 Å². The fourth-order valence-electron chi connectivity index (χ4n) is 4.25. The third kappa shape index (κ3) is 4.21. The summed E-state index contributed by atoms with van der Waals surface area (Å²) in [7, 11) is 0. The molecule has 2 N–H and O–H groups in total. The number of carbonyl (C=O) groups is 1. The minimum absolute atomic E-state index is 0.0638. The topological polar surface area (TPSA) is 61.8 Å². The van der Waals surface area contributed by atoms with Gasteiger partial charge in [-0.1, -0.05) is 54.6 Å². The van der Waals surface area contributed by atoms with Crippen LogP contribution in [-0.4, -0.2) is 47.9 Å². The SMILES string of the molecule is O=C(NCCC1(O)CCOCC1)N1Cc2ccccc2C(c2ccccc2)C1. The molecule has 5 heteroatoms. The second-order valence-corrected chi connectivity index (χ2v) is 7.86. The molecule has 0 aliphatic carbocycles. The van der Waals surface area contributed by atoms with Crippen LogP contribution in [0.3, 0.4) is 0 Å². The van der Waals surface area contributed by atoms with E-state index in [9.17, 15) is 9.90 Å². The second kappa shape index (κ2) is 8.33. The molecule has 1 fully saturated rings. The molecule has 1 saturated heterocycles. The summed E-state index contributed by atoms with van der Waals surface area (Å²) in [6.07, 6.45) is 1.83. The minimum Gasteiger partial charge on any atom is -0.390 e. The van der Waals surface area contributed by atoms with Crippen molar-refractivity contribution in [1.82, 2.24) is 10.2 Å². The number of fused-ring (bicyclic) bond motifs is 1. The van der Waals surface area contributed by atoms with Gasteiger partial charge in [0.1, 0.15) is 0 Å². The maximum atomic E-state index is 12.8. The number of nitrogens with zero attached hydrogens (tertiary/aromatic N) is 1. The second-order valence-electron chi connectivity index (χ2n) is 7.86. The zero-order chi connectivity index (χ0) is 19.4. The van der Waals surface area contributed by atoms with E-state index in [2.05, 4.69) is 35.6 Å². The Labute approximate surface area is 166 Å².